The fraction of sp³-hybridized carbons (Fsp3) is 0.429. The van der Waals surface area contributed by atoms with E-state index < -0.39 is 10.5 Å². The molecule has 5 heteroatoms. The van der Waals surface area contributed by atoms with Crippen LogP contribution < -0.4 is 5.73 Å². The fourth-order valence-corrected chi connectivity index (χ4v) is 0.772. The summed E-state index contributed by atoms with van der Waals surface area (Å²) in [4.78, 5) is 9.62. The van der Waals surface area contributed by atoms with Crippen LogP contribution in [0.3, 0.4) is 0 Å². The van der Waals surface area contributed by atoms with Crippen LogP contribution in [0, 0.1) is 10.1 Å². The van der Waals surface area contributed by atoms with Gasteiger partial charge >= 0.3 is 5.88 Å². The molecule has 5 nitrogen and oxygen atoms in total. The Kier molecular flexibility index (Phi) is 1.89. The molecule has 0 aliphatic rings. The van der Waals surface area contributed by atoms with Crippen molar-refractivity contribution in [3.05, 3.63) is 28.0 Å². The molecule has 0 spiro atoms. The van der Waals surface area contributed by atoms with Crippen molar-refractivity contribution in [1.29, 1.82) is 0 Å². The van der Waals surface area contributed by atoms with Crippen molar-refractivity contribution in [2.45, 2.75) is 19.4 Å². The highest BCUT2D eigenvalue weighted by atomic mass is 16.6. The van der Waals surface area contributed by atoms with Crippen molar-refractivity contribution in [3.8, 4) is 0 Å². The maximum absolute atomic E-state index is 10.2. The second-order valence-electron chi connectivity index (χ2n) is 3.12. The summed E-state index contributed by atoms with van der Waals surface area (Å²) in [6.45, 7) is 3.44. The zero-order chi connectivity index (χ0) is 9.35. The van der Waals surface area contributed by atoms with Crippen LogP contribution in [0.1, 0.15) is 19.6 Å². The summed E-state index contributed by atoms with van der Waals surface area (Å²) in [6, 6.07) is 2.81. The molecule has 0 bridgehead atoms. The van der Waals surface area contributed by atoms with Gasteiger partial charge in [0.1, 0.15) is 10.7 Å². The summed E-state index contributed by atoms with van der Waals surface area (Å²) in [5.74, 6) is 0.137. The predicted octanol–water partition coefficient (Wildman–Crippen LogP) is 1.38. The van der Waals surface area contributed by atoms with Gasteiger partial charge in [0.25, 0.3) is 0 Å². The van der Waals surface area contributed by atoms with Gasteiger partial charge in [-0.05, 0) is 19.9 Å². The molecule has 1 aromatic heterocycles. The molecule has 0 atom stereocenters. The molecule has 0 aliphatic carbocycles. The molecule has 0 amide bonds. The van der Waals surface area contributed by atoms with E-state index in [0.717, 1.165) is 0 Å². The highest BCUT2D eigenvalue weighted by Gasteiger charge is 2.22. The quantitative estimate of drug-likeness (QED) is 0.536. The lowest BCUT2D eigenvalue weighted by molar-refractivity contribution is -0.402. The van der Waals surface area contributed by atoms with Gasteiger partial charge in [-0.3, -0.25) is 10.1 Å². The first-order valence-electron chi connectivity index (χ1n) is 3.45. The molecule has 0 fully saturated rings. The molecule has 0 saturated heterocycles. The van der Waals surface area contributed by atoms with E-state index in [2.05, 4.69) is 0 Å². The number of hydrogen-bond donors (Lipinski definition) is 1. The Morgan fingerprint density at radius 3 is 2.42 bits per heavy atom. The SMILES string of the molecule is CC(C)(N)c1ccc([N+](=O)[O-])o1. The molecule has 0 aromatic carbocycles. The Morgan fingerprint density at radius 1 is 1.58 bits per heavy atom. The Morgan fingerprint density at radius 2 is 2.17 bits per heavy atom. The third-order valence-corrected chi connectivity index (χ3v) is 1.41. The first-order valence-corrected chi connectivity index (χ1v) is 3.45. The van der Waals surface area contributed by atoms with E-state index in [1.807, 2.05) is 0 Å². The van der Waals surface area contributed by atoms with E-state index in [9.17, 15) is 10.1 Å². The van der Waals surface area contributed by atoms with Gasteiger partial charge in [-0.15, -0.1) is 0 Å². The van der Waals surface area contributed by atoms with Crippen LogP contribution in [0.2, 0.25) is 0 Å². The summed E-state index contributed by atoms with van der Waals surface area (Å²) >= 11 is 0. The smallest absolute Gasteiger partial charge is 0.404 e. The van der Waals surface area contributed by atoms with E-state index >= 15 is 0 Å². The second-order valence-corrected chi connectivity index (χ2v) is 3.12. The number of nitrogens with zero attached hydrogens (tertiary/aromatic N) is 1. The molecule has 2 N–H and O–H groups in total. The lowest BCUT2D eigenvalue weighted by Crippen LogP contribution is -2.27. The van der Waals surface area contributed by atoms with Gasteiger partial charge in [-0.2, -0.15) is 0 Å². The maximum Gasteiger partial charge on any atom is 0.433 e. The average Bonchev–Trinajstić information content (AvgIpc) is 2.30. The van der Waals surface area contributed by atoms with Crippen LogP contribution in [0.15, 0.2) is 16.5 Å². The zero-order valence-electron chi connectivity index (χ0n) is 6.90. The van der Waals surface area contributed by atoms with Crippen LogP contribution in [0.5, 0.6) is 0 Å². The van der Waals surface area contributed by atoms with Crippen LogP contribution in [-0.4, -0.2) is 4.92 Å². The summed E-state index contributed by atoms with van der Waals surface area (Å²) in [5.41, 5.74) is 4.98. The molecule has 0 saturated carbocycles. The van der Waals surface area contributed by atoms with Crippen molar-refractivity contribution in [2.24, 2.45) is 5.73 Å². The minimum atomic E-state index is -0.672. The van der Waals surface area contributed by atoms with Crippen molar-refractivity contribution >= 4 is 5.88 Å². The fourth-order valence-electron chi connectivity index (χ4n) is 0.772. The van der Waals surface area contributed by atoms with Crippen LogP contribution in [-0.2, 0) is 5.54 Å². The summed E-state index contributed by atoms with van der Waals surface area (Å²) in [6.07, 6.45) is 0. The Balaban J connectivity index is 3.00. The lowest BCUT2D eigenvalue weighted by atomic mass is 10.0. The average molecular weight is 170 g/mol. The monoisotopic (exact) mass is 170 g/mol. The van der Waals surface area contributed by atoms with E-state index in [-0.39, 0.29) is 5.88 Å². The third-order valence-electron chi connectivity index (χ3n) is 1.41. The third kappa shape index (κ3) is 1.62. The molecular weight excluding hydrogens is 160 g/mol. The maximum atomic E-state index is 10.2. The zero-order valence-corrected chi connectivity index (χ0v) is 6.90. The van der Waals surface area contributed by atoms with Crippen LogP contribution >= 0.6 is 0 Å². The molecule has 12 heavy (non-hydrogen) atoms. The van der Waals surface area contributed by atoms with Gasteiger partial charge in [0.05, 0.1) is 11.6 Å². The van der Waals surface area contributed by atoms with Crippen LogP contribution in [0.4, 0.5) is 5.88 Å². The van der Waals surface area contributed by atoms with Gasteiger partial charge in [-0.25, -0.2) is 0 Å². The molecule has 0 aliphatic heterocycles. The summed E-state index contributed by atoms with van der Waals surface area (Å²) < 4.78 is 4.89. The number of hydrogen-bond acceptors (Lipinski definition) is 4. The summed E-state index contributed by atoms with van der Waals surface area (Å²) in [5, 5.41) is 10.2. The highest BCUT2D eigenvalue weighted by Crippen LogP contribution is 2.23. The number of rotatable bonds is 2. The van der Waals surface area contributed by atoms with Gasteiger partial charge < -0.3 is 10.2 Å². The number of nitro groups is 1. The molecule has 1 heterocycles. The largest absolute Gasteiger partial charge is 0.433 e. The van der Waals surface area contributed by atoms with Crippen molar-refractivity contribution in [1.82, 2.24) is 0 Å². The standard InChI is InChI=1S/C7H10N2O3/c1-7(2,8)5-3-4-6(12-5)9(10)11/h3-4H,8H2,1-2H3. The van der Waals surface area contributed by atoms with Gasteiger partial charge in [-0.1, -0.05) is 0 Å². The van der Waals surface area contributed by atoms with E-state index in [4.69, 9.17) is 10.2 Å². The van der Waals surface area contributed by atoms with Crippen molar-refractivity contribution in [3.63, 3.8) is 0 Å². The van der Waals surface area contributed by atoms with E-state index in [1.54, 1.807) is 13.8 Å². The lowest BCUT2D eigenvalue weighted by Gasteiger charge is -2.13. The van der Waals surface area contributed by atoms with Gasteiger partial charge in [0.2, 0.25) is 0 Å². The second kappa shape index (κ2) is 2.60. The first kappa shape index (κ1) is 8.73. The minimum Gasteiger partial charge on any atom is -0.404 e. The molecule has 66 valence electrons. The minimum absolute atomic E-state index is 0.275. The highest BCUT2D eigenvalue weighted by molar-refractivity contribution is 5.21. The molecule has 1 rings (SSSR count). The molecule has 1 aromatic rings. The number of nitrogens with two attached hydrogens (primary N) is 1. The summed E-state index contributed by atoms with van der Waals surface area (Å²) in [7, 11) is 0. The Labute approximate surface area is 69.3 Å². The van der Waals surface area contributed by atoms with Crippen molar-refractivity contribution in [2.75, 3.05) is 0 Å². The van der Waals surface area contributed by atoms with Gasteiger partial charge in [0.15, 0.2) is 0 Å². The number of furan rings is 1. The molecule has 0 unspecified atom stereocenters. The van der Waals surface area contributed by atoms with E-state index in [0.29, 0.717) is 5.76 Å². The van der Waals surface area contributed by atoms with Crippen molar-refractivity contribution < 1.29 is 9.34 Å². The van der Waals surface area contributed by atoms with Crippen LogP contribution in [0.25, 0.3) is 0 Å². The van der Waals surface area contributed by atoms with Gasteiger partial charge in [0, 0.05) is 0 Å². The first-order chi connectivity index (χ1) is 5.41. The molecule has 0 radical (unpaired) electrons. The topological polar surface area (TPSA) is 82.3 Å². The Bertz CT molecular complexity index is 298. The molecular formula is C7H10N2O3. The Hall–Kier alpha value is -1.36. The van der Waals surface area contributed by atoms with E-state index in [1.165, 1.54) is 12.1 Å². The normalized spacial score (nSPS) is 11.6. The predicted molar refractivity (Wildman–Crippen MR) is 42.6 cm³/mol.